The Balaban J connectivity index is 2.10. The molecule has 0 aliphatic carbocycles. The van der Waals surface area contributed by atoms with Gasteiger partial charge in [-0.3, -0.25) is 9.89 Å². The standard InChI is InChI=1S/C14H18N4O/c1-9-14(10(2)18-17-9)16-13(19)7-11-5-3-4-6-12(11)8-15/h3-6H,7-8,15H2,1-2H3,(H,16,19)(H,17,18). The fourth-order valence-electron chi connectivity index (χ4n) is 2.02. The highest BCUT2D eigenvalue weighted by Crippen LogP contribution is 2.17. The number of H-pyrrole nitrogens is 1. The molecule has 1 heterocycles. The predicted octanol–water partition coefficient (Wildman–Crippen LogP) is 1.67. The van der Waals surface area contributed by atoms with E-state index in [4.69, 9.17) is 5.73 Å². The Hall–Kier alpha value is -2.14. The van der Waals surface area contributed by atoms with Crippen LogP contribution in [0.2, 0.25) is 0 Å². The maximum Gasteiger partial charge on any atom is 0.228 e. The van der Waals surface area contributed by atoms with Crippen LogP contribution in [0.25, 0.3) is 0 Å². The number of hydrogen-bond acceptors (Lipinski definition) is 3. The summed E-state index contributed by atoms with van der Waals surface area (Å²) in [6.45, 7) is 4.17. The van der Waals surface area contributed by atoms with Gasteiger partial charge in [-0.05, 0) is 25.0 Å². The molecule has 0 unspecified atom stereocenters. The van der Waals surface area contributed by atoms with Crippen molar-refractivity contribution in [3.8, 4) is 0 Å². The molecule has 4 N–H and O–H groups in total. The van der Waals surface area contributed by atoms with Crippen LogP contribution in [-0.2, 0) is 17.8 Å². The van der Waals surface area contributed by atoms with E-state index >= 15 is 0 Å². The molecule has 0 atom stereocenters. The summed E-state index contributed by atoms with van der Waals surface area (Å²) in [5, 5.41) is 9.78. The van der Waals surface area contributed by atoms with Crippen molar-refractivity contribution in [1.29, 1.82) is 0 Å². The average molecular weight is 258 g/mol. The van der Waals surface area contributed by atoms with Gasteiger partial charge in [-0.25, -0.2) is 0 Å². The number of aromatic amines is 1. The first-order valence-corrected chi connectivity index (χ1v) is 6.20. The molecule has 2 aromatic rings. The third-order valence-corrected chi connectivity index (χ3v) is 3.08. The van der Waals surface area contributed by atoms with Crippen LogP contribution in [0.4, 0.5) is 5.69 Å². The zero-order valence-corrected chi connectivity index (χ0v) is 11.2. The lowest BCUT2D eigenvalue weighted by Gasteiger charge is -2.08. The van der Waals surface area contributed by atoms with Crippen LogP contribution in [0.15, 0.2) is 24.3 Å². The van der Waals surface area contributed by atoms with Crippen molar-refractivity contribution in [1.82, 2.24) is 10.2 Å². The van der Waals surface area contributed by atoms with Crippen LogP contribution in [0.5, 0.6) is 0 Å². The topological polar surface area (TPSA) is 83.8 Å². The molecule has 5 heteroatoms. The van der Waals surface area contributed by atoms with Crippen molar-refractivity contribution in [2.24, 2.45) is 5.73 Å². The SMILES string of the molecule is Cc1n[nH]c(C)c1NC(=O)Cc1ccccc1CN. The monoisotopic (exact) mass is 258 g/mol. The summed E-state index contributed by atoms with van der Waals surface area (Å²) in [5.41, 5.74) is 10.0. The van der Waals surface area contributed by atoms with Crippen LogP contribution >= 0.6 is 0 Å². The Morgan fingerprint density at radius 1 is 1.32 bits per heavy atom. The molecule has 0 aliphatic rings. The summed E-state index contributed by atoms with van der Waals surface area (Å²) in [7, 11) is 0. The van der Waals surface area contributed by atoms with Crippen molar-refractivity contribution >= 4 is 11.6 Å². The molecule has 1 amide bonds. The molecule has 5 nitrogen and oxygen atoms in total. The Bertz CT molecular complexity index is 569. The Morgan fingerprint density at radius 2 is 2.00 bits per heavy atom. The molecule has 0 fully saturated rings. The maximum absolute atomic E-state index is 12.1. The van der Waals surface area contributed by atoms with Crippen LogP contribution in [0.3, 0.4) is 0 Å². The lowest BCUT2D eigenvalue weighted by Crippen LogP contribution is -2.16. The van der Waals surface area contributed by atoms with Crippen molar-refractivity contribution < 1.29 is 4.79 Å². The second kappa shape index (κ2) is 5.67. The van der Waals surface area contributed by atoms with E-state index in [-0.39, 0.29) is 5.91 Å². The van der Waals surface area contributed by atoms with E-state index in [0.717, 1.165) is 28.2 Å². The van der Waals surface area contributed by atoms with E-state index < -0.39 is 0 Å². The molecular weight excluding hydrogens is 240 g/mol. The second-order valence-corrected chi connectivity index (χ2v) is 4.51. The number of aromatic nitrogens is 2. The second-order valence-electron chi connectivity index (χ2n) is 4.51. The van der Waals surface area contributed by atoms with E-state index in [1.807, 2.05) is 38.1 Å². The number of carbonyl (C=O) groups excluding carboxylic acids is 1. The van der Waals surface area contributed by atoms with Crippen LogP contribution in [0.1, 0.15) is 22.5 Å². The zero-order chi connectivity index (χ0) is 13.8. The summed E-state index contributed by atoms with van der Waals surface area (Å²) in [6.07, 6.45) is 0.317. The quantitative estimate of drug-likeness (QED) is 0.780. The predicted molar refractivity (Wildman–Crippen MR) is 74.7 cm³/mol. The van der Waals surface area contributed by atoms with Crippen molar-refractivity contribution in [3.05, 3.63) is 46.8 Å². The van der Waals surface area contributed by atoms with Crippen molar-refractivity contribution in [2.45, 2.75) is 26.8 Å². The van der Waals surface area contributed by atoms with Crippen LogP contribution in [0, 0.1) is 13.8 Å². The molecule has 2 rings (SSSR count). The normalized spacial score (nSPS) is 10.5. The lowest BCUT2D eigenvalue weighted by molar-refractivity contribution is -0.115. The number of amides is 1. The minimum atomic E-state index is -0.0616. The number of nitrogens with one attached hydrogen (secondary N) is 2. The Morgan fingerprint density at radius 3 is 2.58 bits per heavy atom. The fraction of sp³-hybridized carbons (Fsp3) is 0.286. The molecular formula is C14H18N4O. The Kier molecular flexibility index (Phi) is 3.97. The number of nitrogens with zero attached hydrogens (tertiary/aromatic N) is 1. The molecule has 0 saturated carbocycles. The number of anilines is 1. The zero-order valence-electron chi connectivity index (χ0n) is 11.2. The van der Waals surface area contributed by atoms with E-state index in [1.165, 1.54) is 0 Å². The van der Waals surface area contributed by atoms with Gasteiger partial charge in [0.15, 0.2) is 0 Å². The number of carbonyl (C=O) groups is 1. The summed E-state index contributed by atoms with van der Waals surface area (Å²) < 4.78 is 0. The maximum atomic E-state index is 12.1. The van der Waals surface area contributed by atoms with Gasteiger partial charge in [0.25, 0.3) is 0 Å². The van der Waals surface area contributed by atoms with Gasteiger partial charge in [0.2, 0.25) is 5.91 Å². The minimum absolute atomic E-state index is 0.0616. The molecule has 1 aromatic heterocycles. The highest BCUT2D eigenvalue weighted by Gasteiger charge is 2.11. The van der Waals surface area contributed by atoms with E-state index in [2.05, 4.69) is 15.5 Å². The van der Waals surface area contributed by atoms with Gasteiger partial charge < -0.3 is 11.1 Å². The number of benzene rings is 1. The molecule has 0 radical (unpaired) electrons. The molecule has 0 aliphatic heterocycles. The number of nitrogens with two attached hydrogens (primary N) is 1. The molecule has 0 bridgehead atoms. The van der Waals surface area contributed by atoms with Crippen LogP contribution < -0.4 is 11.1 Å². The van der Waals surface area contributed by atoms with Crippen molar-refractivity contribution in [2.75, 3.05) is 5.32 Å². The van der Waals surface area contributed by atoms with Gasteiger partial charge in [-0.1, -0.05) is 24.3 Å². The minimum Gasteiger partial charge on any atom is -0.326 e. The van der Waals surface area contributed by atoms with Crippen LogP contribution in [-0.4, -0.2) is 16.1 Å². The smallest absolute Gasteiger partial charge is 0.228 e. The van der Waals surface area contributed by atoms with Gasteiger partial charge in [0, 0.05) is 6.54 Å². The summed E-state index contributed by atoms with van der Waals surface area (Å²) in [6, 6.07) is 7.71. The average Bonchev–Trinajstić information content (AvgIpc) is 2.71. The van der Waals surface area contributed by atoms with E-state index in [1.54, 1.807) is 0 Å². The third kappa shape index (κ3) is 3.00. The molecule has 0 saturated heterocycles. The first-order chi connectivity index (χ1) is 9.11. The van der Waals surface area contributed by atoms with Gasteiger partial charge in [-0.2, -0.15) is 5.10 Å². The van der Waals surface area contributed by atoms with Gasteiger partial charge >= 0.3 is 0 Å². The molecule has 19 heavy (non-hydrogen) atoms. The van der Waals surface area contributed by atoms with Gasteiger partial charge in [0.05, 0.1) is 23.5 Å². The fourth-order valence-corrected chi connectivity index (χ4v) is 2.02. The number of rotatable bonds is 4. The molecule has 1 aromatic carbocycles. The van der Waals surface area contributed by atoms with E-state index in [9.17, 15) is 4.79 Å². The summed E-state index contributed by atoms with van der Waals surface area (Å²) >= 11 is 0. The van der Waals surface area contributed by atoms with E-state index in [0.29, 0.717) is 13.0 Å². The summed E-state index contributed by atoms with van der Waals surface area (Å²) in [5.74, 6) is -0.0616. The highest BCUT2D eigenvalue weighted by molar-refractivity contribution is 5.93. The molecule has 100 valence electrons. The molecule has 0 spiro atoms. The van der Waals surface area contributed by atoms with Gasteiger partial charge in [-0.15, -0.1) is 0 Å². The lowest BCUT2D eigenvalue weighted by atomic mass is 10.0. The largest absolute Gasteiger partial charge is 0.326 e. The third-order valence-electron chi connectivity index (χ3n) is 3.08. The summed E-state index contributed by atoms with van der Waals surface area (Å²) in [4.78, 5) is 12.1. The Labute approximate surface area is 112 Å². The highest BCUT2D eigenvalue weighted by atomic mass is 16.1. The number of aryl methyl sites for hydroxylation is 2. The van der Waals surface area contributed by atoms with Crippen molar-refractivity contribution in [3.63, 3.8) is 0 Å². The first kappa shape index (κ1) is 13.3. The first-order valence-electron chi connectivity index (χ1n) is 6.20. The number of hydrogen-bond donors (Lipinski definition) is 3. The van der Waals surface area contributed by atoms with Gasteiger partial charge in [0.1, 0.15) is 0 Å².